The Kier molecular flexibility index (Phi) is 6.89. The third-order valence-electron chi connectivity index (χ3n) is 2.96. The lowest BCUT2D eigenvalue weighted by molar-refractivity contribution is -0.138. The van der Waals surface area contributed by atoms with E-state index in [1.54, 1.807) is 6.92 Å². The molecule has 0 aromatic heterocycles. The van der Waals surface area contributed by atoms with Crippen molar-refractivity contribution in [1.82, 2.24) is 10.2 Å². The van der Waals surface area contributed by atoms with Gasteiger partial charge in [-0.25, -0.2) is 4.79 Å². The standard InChI is InChI=1S/C13H24N2O2/c1-3-17-13(16)12(2)11-14-7-10-15-8-5-4-6-9-15/h14H,2-11H2,1H3. The maximum Gasteiger partial charge on any atom is 0.334 e. The summed E-state index contributed by atoms with van der Waals surface area (Å²) in [6, 6.07) is 0. The van der Waals surface area contributed by atoms with E-state index in [4.69, 9.17) is 4.74 Å². The average Bonchev–Trinajstić information content (AvgIpc) is 2.36. The molecular formula is C13H24N2O2. The minimum absolute atomic E-state index is 0.294. The van der Waals surface area contributed by atoms with Crippen LogP contribution >= 0.6 is 0 Å². The fourth-order valence-corrected chi connectivity index (χ4v) is 1.96. The second-order valence-corrected chi connectivity index (χ2v) is 4.40. The van der Waals surface area contributed by atoms with Gasteiger partial charge in [-0.1, -0.05) is 13.0 Å². The SMILES string of the molecule is C=C(CNCCN1CCCCC1)C(=O)OCC. The molecule has 0 aromatic rings. The van der Waals surface area contributed by atoms with E-state index in [0.29, 0.717) is 18.7 Å². The molecule has 0 saturated carbocycles. The number of piperidine rings is 1. The summed E-state index contributed by atoms with van der Waals surface area (Å²) < 4.78 is 4.86. The summed E-state index contributed by atoms with van der Waals surface area (Å²) in [5, 5.41) is 3.23. The Bertz CT molecular complexity index is 248. The fourth-order valence-electron chi connectivity index (χ4n) is 1.96. The molecule has 0 aromatic carbocycles. The van der Waals surface area contributed by atoms with E-state index < -0.39 is 0 Å². The lowest BCUT2D eigenvalue weighted by Crippen LogP contribution is -2.36. The Morgan fingerprint density at radius 1 is 1.35 bits per heavy atom. The molecule has 0 radical (unpaired) electrons. The van der Waals surface area contributed by atoms with Crippen molar-refractivity contribution in [3.63, 3.8) is 0 Å². The van der Waals surface area contributed by atoms with Gasteiger partial charge in [-0.2, -0.15) is 0 Å². The van der Waals surface area contributed by atoms with Crippen molar-refractivity contribution < 1.29 is 9.53 Å². The molecule has 1 N–H and O–H groups in total. The van der Waals surface area contributed by atoms with Gasteiger partial charge in [0.25, 0.3) is 0 Å². The van der Waals surface area contributed by atoms with E-state index in [-0.39, 0.29) is 5.97 Å². The molecule has 0 bridgehead atoms. The lowest BCUT2D eigenvalue weighted by Gasteiger charge is -2.26. The van der Waals surface area contributed by atoms with Crippen LogP contribution in [0.25, 0.3) is 0 Å². The number of hydrogen-bond donors (Lipinski definition) is 1. The molecule has 1 rings (SSSR count). The first-order chi connectivity index (χ1) is 8.24. The van der Waals surface area contributed by atoms with Crippen LogP contribution in [-0.4, -0.2) is 50.2 Å². The van der Waals surface area contributed by atoms with Gasteiger partial charge >= 0.3 is 5.97 Å². The maximum atomic E-state index is 11.3. The molecule has 0 unspecified atom stereocenters. The molecule has 1 heterocycles. The Morgan fingerprint density at radius 3 is 2.71 bits per heavy atom. The summed E-state index contributed by atoms with van der Waals surface area (Å²) in [6.07, 6.45) is 3.99. The summed E-state index contributed by atoms with van der Waals surface area (Å²) in [5.41, 5.74) is 0.505. The van der Waals surface area contributed by atoms with Crippen molar-refractivity contribution in [2.24, 2.45) is 0 Å². The summed E-state index contributed by atoms with van der Waals surface area (Å²) in [5.74, 6) is -0.294. The van der Waals surface area contributed by atoms with E-state index in [9.17, 15) is 4.79 Å². The second-order valence-electron chi connectivity index (χ2n) is 4.40. The van der Waals surface area contributed by atoms with Gasteiger partial charge in [0.1, 0.15) is 0 Å². The Balaban J connectivity index is 2.03. The molecule has 0 atom stereocenters. The van der Waals surface area contributed by atoms with Crippen molar-refractivity contribution in [1.29, 1.82) is 0 Å². The van der Waals surface area contributed by atoms with Gasteiger partial charge < -0.3 is 15.0 Å². The number of rotatable bonds is 7. The van der Waals surface area contributed by atoms with Crippen molar-refractivity contribution in [3.05, 3.63) is 12.2 Å². The van der Waals surface area contributed by atoms with Gasteiger partial charge in [0, 0.05) is 25.2 Å². The third-order valence-corrected chi connectivity index (χ3v) is 2.96. The molecule has 4 heteroatoms. The molecule has 1 aliphatic heterocycles. The minimum atomic E-state index is -0.294. The number of carbonyl (C=O) groups is 1. The zero-order valence-electron chi connectivity index (χ0n) is 10.8. The number of likely N-dealkylation sites (tertiary alicyclic amines) is 1. The van der Waals surface area contributed by atoms with Crippen molar-refractivity contribution in [2.75, 3.05) is 39.3 Å². The van der Waals surface area contributed by atoms with Crippen LogP contribution in [0.2, 0.25) is 0 Å². The van der Waals surface area contributed by atoms with Crippen LogP contribution < -0.4 is 5.32 Å². The highest BCUT2D eigenvalue weighted by Gasteiger charge is 2.10. The largest absolute Gasteiger partial charge is 0.463 e. The van der Waals surface area contributed by atoms with Crippen LogP contribution in [0.4, 0.5) is 0 Å². The van der Waals surface area contributed by atoms with Crippen LogP contribution in [0.5, 0.6) is 0 Å². The highest BCUT2D eigenvalue weighted by atomic mass is 16.5. The van der Waals surface area contributed by atoms with Crippen LogP contribution in [0.15, 0.2) is 12.2 Å². The molecule has 0 spiro atoms. The van der Waals surface area contributed by atoms with Crippen molar-refractivity contribution >= 4 is 5.97 Å². The predicted molar refractivity (Wildman–Crippen MR) is 68.9 cm³/mol. The predicted octanol–water partition coefficient (Wildman–Crippen LogP) is 1.18. The Hall–Kier alpha value is -0.870. The van der Waals surface area contributed by atoms with E-state index in [1.165, 1.54) is 32.4 Å². The lowest BCUT2D eigenvalue weighted by atomic mass is 10.1. The summed E-state index contributed by atoms with van der Waals surface area (Å²) >= 11 is 0. The second kappa shape index (κ2) is 8.25. The number of ether oxygens (including phenoxy) is 1. The van der Waals surface area contributed by atoms with Gasteiger partial charge in [-0.15, -0.1) is 0 Å². The quantitative estimate of drug-likeness (QED) is 0.412. The first-order valence-electron chi connectivity index (χ1n) is 6.52. The number of nitrogens with one attached hydrogen (secondary N) is 1. The molecule has 0 amide bonds. The Morgan fingerprint density at radius 2 is 2.06 bits per heavy atom. The average molecular weight is 240 g/mol. The number of carbonyl (C=O) groups excluding carboxylic acids is 1. The molecule has 1 fully saturated rings. The molecule has 17 heavy (non-hydrogen) atoms. The zero-order valence-corrected chi connectivity index (χ0v) is 10.8. The topological polar surface area (TPSA) is 41.6 Å². The number of hydrogen-bond acceptors (Lipinski definition) is 4. The van der Waals surface area contributed by atoms with E-state index in [0.717, 1.165) is 13.1 Å². The van der Waals surface area contributed by atoms with Gasteiger partial charge in [-0.05, 0) is 32.9 Å². The first-order valence-corrected chi connectivity index (χ1v) is 6.52. The van der Waals surface area contributed by atoms with Gasteiger partial charge in [0.05, 0.1) is 6.61 Å². The van der Waals surface area contributed by atoms with Gasteiger partial charge in [0.15, 0.2) is 0 Å². The highest BCUT2D eigenvalue weighted by Crippen LogP contribution is 2.07. The van der Waals surface area contributed by atoms with E-state index >= 15 is 0 Å². The van der Waals surface area contributed by atoms with Crippen LogP contribution in [0.3, 0.4) is 0 Å². The van der Waals surface area contributed by atoms with Gasteiger partial charge in [-0.3, -0.25) is 0 Å². The summed E-state index contributed by atoms with van der Waals surface area (Å²) in [7, 11) is 0. The van der Waals surface area contributed by atoms with Crippen LogP contribution in [-0.2, 0) is 9.53 Å². The molecule has 4 nitrogen and oxygen atoms in total. The van der Waals surface area contributed by atoms with Crippen molar-refractivity contribution in [2.45, 2.75) is 26.2 Å². The number of esters is 1. The summed E-state index contributed by atoms with van der Waals surface area (Å²) in [4.78, 5) is 13.7. The zero-order chi connectivity index (χ0) is 12.5. The molecule has 1 aliphatic rings. The smallest absolute Gasteiger partial charge is 0.334 e. The van der Waals surface area contributed by atoms with E-state index in [1.807, 2.05) is 0 Å². The maximum absolute atomic E-state index is 11.3. The highest BCUT2D eigenvalue weighted by molar-refractivity contribution is 5.88. The monoisotopic (exact) mass is 240 g/mol. The molecule has 98 valence electrons. The normalized spacial score (nSPS) is 16.8. The first kappa shape index (κ1) is 14.2. The number of nitrogens with zero attached hydrogens (tertiary/aromatic N) is 1. The minimum Gasteiger partial charge on any atom is -0.463 e. The molecular weight excluding hydrogens is 216 g/mol. The third kappa shape index (κ3) is 5.84. The Labute approximate surface area is 104 Å². The van der Waals surface area contributed by atoms with Crippen LogP contribution in [0.1, 0.15) is 26.2 Å². The van der Waals surface area contributed by atoms with E-state index in [2.05, 4.69) is 16.8 Å². The molecule has 1 saturated heterocycles. The molecule has 0 aliphatic carbocycles. The summed E-state index contributed by atoms with van der Waals surface area (Å²) in [6.45, 7) is 10.8. The van der Waals surface area contributed by atoms with Crippen LogP contribution in [0, 0.1) is 0 Å². The van der Waals surface area contributed by atoms with Gasteiger partial charge in [0.2, 0.25) is 0 Å². The van der Waals surface area contributed by atoms with Crippen molar-refractivity contribution in [3.8, 4) is 0 Å². The fraction of sp³-hybridized carbons (Fsp3) is 0.769.